The molecular weight excluding hydrogens is 212 g/mol. The normalized spacial score (nSPS) is 15.2. The first-order chi connectivity index (χ1) is 8.33. The highest BCUT2D eigenvalue weighted by atomic mass is 16.5. The number of benzene rings is 1. The average Bonchev–Trinajstić information content (AvgIpc) is 3.19. The Morgan fingerprint density at radius 3 is 2.53 bits per heavy atom. The number of ether oxygens (including phenoxy) is 1. The van der Waals surface area contributed by atoms with Gasteiger partial charge in [0.2, 0.25) is 0 Å². The van der Waals surface area contributed by atoms with Crippen LogP contribution in [0.25, 0.3) is 0 Å². The van der Waals surface area contributed by atoms with Crippen LogP contribution >= 0.6 is 0 Å². The average molecular weight is 234 g/mol. The summed E-state index contributed by atoms with van der Waals surface area (Å²) in [6.07, 6.45) is 3.79. The molecule has 0 bridgehead atoms. The van der Waals surface area contributed by atoms with Gasteiger partial charge in [0.15, 0.2) is 0 Å². The zero-order valence-corrected chi connectivity index (χ0v) is 10.6. The van der Waals surface area contributed by atoms with Crippen molar-refractivity contribution in [3.8, 4) is 5.75 Å². The van der Waals surface area contributed by atoms with E-state index in [1.54, 1.807) is 7.11 Å². The van der Waals surface area contributed by atoms with Gasteiger partial charge >= 0.3 is 0 Å². The van der Waals surface area contributed by atoms with Gasteiger partial charge in [0.1, 0.15) is 5.75 Å². The molecule has 0 saturated heterocycles. The third kappa shape index (κ3) is 3.72. The first kappa shape index (κ1) is 12.4. The standard InChI is InChI=1S/C14H22N2O/c1-17-14-7-3-12(4-8-14)11-16(10-2-9-15)13-5-6-13/h3-4,7-8,13H,2,5-6,9-11,15H2,1H3. The summed E-state index contributed by atoms with van der Waals surface area (Å²) < 4.78 is 5.17. The topological polar surface area (TPSA) is 38.5 Å². The summed E-state index contributed by atoms with van der Waals surface area (Å²) in [5.41, 5.74) is 6.94. The molecule has 0 radical (unpaired) electrons. The number of hydrogen-bond acceptors (Lipinski definition) is 3. The van der Waals surface area contributed by atoms with Gasteiger partial charge in [0.25, 0.3) is 0 Å². The van der Waals surface area contributed by atoms with Crippen LogP contribution in [-0.2, 0) is 6.54 Å². The Kier molecular flexibility index (Phi) is 4.40. The van der Waals surface area contributed by atoms with Crippen LogP contribution in [0.4, 0.5) is 0 Å². The highest BCUT2D eigenvalue weighted by Crippen LogP contribution is 2.28. The van der Waals surface area contributed by atoms with Crippen molar-refractivity contribution < 1.29 is 4.74 Å². The molecule has 1 aromatic rings. The first-order valence-corrected chi connectivity index (χ1v) is 6.40. The molecule has 0 aromatic heterocycles. The van der Waals surface area contributed by atoms with Gasteiger partial charge in [0, 0.05) is 12.6 Å². The lowest BCUT2D eigenvalue weighted by Crippen LogP contribution is -2.28. The Hall–Kier alpha value is -1.06. The lowest BCUT2D eigenvalue weighted by molar-refractivity contribution is 0.253. The van der Waals surface area contributed by atoms with Crippen LogP contribution in [0.2, 0.25) is 0 Å². The predicted octanol–water partition coefficient (Wildman–Crippen LogP) is 2.01. The summed E-state index contributed by atoms with van der Waals surface area (Å²) in [6.45, 7) is 2.94. The molecule has 0 atom stereocenters. The highest BCUT2D eigenvalue weighted by Gasteiger charge is 2.28. The number of methoxy groups -OCH3 is 1. The smallest absolute Gasteiger partial charge is 0.118 e. The lowest BCUT2D eigenvalue weighted by atomic mass is 10.2. The van der Waals surface area contributed by atoms with E-state index in [0.717, 1.165) is 37.8 Å². The summed E-state index contributed by atoms with van der Waals surface area (Å²) >= 11 is 0. The van der Waals surface area contributed by atoms with Crippen molar-refractivity contribution in [3.05, 3.63) is 29.8 Å². The van der Waals surface area contributed by atoms with Gasteiger partial charge in [-0.1, -0.05) is 12.1 Å². The van der Waals surface area contributed by atoms with E-state index in [1.165, 1.54) is 18.4 Å². The maximum absolute atomic E-state index is 5.59. The molecule has 0 aliphatic heterocycles. The molecular formula is C14H22N2O. The maximum atomic E-state index is 5.59. The fourth-order valence-corrected chi connectivity index (χ4v) is 2.09. The maximum Gasteiger partial charge on any atom is 0.118 e. The van der Waals surface area contributed by atoms with Crippen molar-refractivity contribution in [1.29, 1.82) is 0 Å². The summed E-state index contributed by atoms with van der Waals surface area (Å²) in [6, 6.07) is 9.16. The molecule has 17 heavy (non-hydrogen) atoms. The van der Waals surface area contributed by atoms with Crippen LogP contribution < -0.4 is 10.5 Å². The summed E-state index contributed by atoms with van der Waals surface area (Å²) in [7, 11) is 1.70. The van der Waals surface area contributed by atoms with Gasteiger partial charge in [-0.05, 0) is 50.0 Å². The van der Waals surface area contributed by atoms with Gasteiger partial charge in [-0.3, -0.25) is 4.90 Å². The molecule has 3 nitrogen and oxygen atoms in total. The number of hydrogen-bond donors (Lipinski definition) is 1. The summed E-state index contributed by atoms with van der Waals surface area (Å²) in [5.74, 6) is 0.925. The molecule has 0 spiro atoms. The lowest BCUT2D eigenvalue weighted by Gasteiger charge is -2.21. The Morgan fingerprint density at radius 1 is 1.29 bits per heavy atom. The molecule has 1 aliphatic carbocycles. The second-order valence-electron chi connectivity index (χ2n) is 4.69. The van der Waals surface area contributed by atoms with Gasteiger partial charge < -0.3 is 10.5 Å². The minimum absolute atomic E-state index is 0.784. The van der Waals surface area contributed by atoms with Crippen molar-refractivity contribution in [2.45, 2.75) is 31.8 Å². The van der Waals surface area contributed by atoms with Gasteiger partial charge in [-0.2, -0.15) is 0 Å². The quantitative estimate of drug-likeness (QED) is 0.784. The molecule has 94 valence electrons. The van der Waals surface area contributed by atoms with Crippen LogP contribution in [0.5, 0.6) is 5.75 Å². The fraction of sp³-hybridized carbons (Fsp3) is 0.571. The van der Waals surface area contributed by atoms with Gasteiger partial charge in [0.05, 0.1) is 7.11 Å². The monoisotopic (exact) mass is 234 g/mol. The van der Waals surface area contributed by atoms with E-state index in [4.69, 9.17) is 10.5 Å². The Bertz CT molecular complexity index is 333. The first-order valence-electron chi connectivity index (χ1n) is 6.40. The van der Waals surface area contributed by atoms with E-state index >= 15 is 0 Å². The molecule has 1 aliphatic rings. The van der Waals surface area contributed by atoms with Crippen LogP contribution in [0.1, 0.15) is 24.8 Å². The molecule has 3 heteroatoms. The summed E-state index contributed by atoms with van der Waals surface area (Å²) in [4.78, 5) is 2.55. The van der Waals surface area contributed by atoms with E-state index < -0.39 is 0 Å². The van der Waals surface area contributed by atoms with Crippen molar-refractivity contribution in [2.24, 2.45) is 5.73 Å². The molecule has 2 N–H and O–H groups in total. The molecule has 0 heterocycles. The Morgan fingerprint density at radius 2 is 2.00 bits per heavy atom. The molecule has 1 saturated carbocycles. The fourth-order valence-electron chi connectivity index (χ4n) is 2.09. The summed E-state index contributed by atoms with van der Waals surface area (Å²) in [5, 5.41) is 0. The molecule has 0 unspecified atom stereocenters. The van der Waals surface area contributed by atoms with Gasteiger partial charge in [-0.25, -0.2) is 0 Å². The molecule has 2 rings (SSSR count). The number of nitrogens with zero attached hydrogens (tertiary/aromatic N) is 1. The van der Waals surface area contributed by atoms with E-state index in [9.17, 15) is 0 Å². The van der Waals surface area contributed by atoms with Crippen molar-refractivity contribution in [3.63, 3.8) is 0 Å². The third-order valence-corrected chi connectivity index (χ3v) is 3.26. The van der Waals surface area contributed by atoms with E-state index in [2.05, 4.69) is 17.0 Å². The van der Waals surface area contributed by atoms with Gasteiger partial charge in [-0.15, -0.1) is 0 Å². The van der Waals surface area contributed by atoms with Crippen LogP contribution in [0, 0.1) is 0 Å². The minimum Gasteiger partial charge on any atom is -0.497 e. The number of rotatable bonds is 7. The molecule has 0 amide bonds. The number of nitrogens with two attached hydrogens (primary N) is 1. The van der Waals surface area contributed by atoms with E-state index in [-0.39, 0.29) is 0 Å². The predicted molar refractivity (Wildman–Crippen MR) is 70.1 cm³/mol. The second kappa shape index (κ2) is 6.03. The highest BCUT2D eigenvalue weighted by molar-refractivity contribution is 5.27. The van der Waals surface area contributed by atoms with E-state index in [0.29, 0.717) is 0 Å². The third-order valence-electron chi connectivity index (χ3n) is 3.26. The SMILES string of the molecule is COc1ccc(CN(CCCN)C2CC2)cc1. The zero-order chi connectivity index (χ0) is 12.1. The Balaban J connectivity index is 1.91. The van der Waals surface area contributed by atoms with Crippen LogP contribution in [0.3, 0.4) is 0 Å². The largest absolute Gasteiger partial charge is 0.497 e. The second-order valence-corrected chi connectivity index (χ2v) is 4.69. The minimum atomic E-state index is 0.784. The van der Waals surface area contributed by atoms with E-state index in [1.807, 2.05) is 12.1 Å². The van der Waals surface area contributed by atoms with Crippen LogP contribution in [-0.4, -0.2) is 31.1 Å². The van der Waals surface area contributed by atoms with Crippen molar-refractivity contribution in [2.75, 3.05) is 20.2 Å². The van der Waals surface area contributed by atoms with Crippen LogP contribution in [0.15, 0.2) is 24.3 Å². The molecule has 1 aromatic carbocycles. The van der Waals surface area contributed by atoms with Crippen molar-refractivity contribution in [1.82, 2.24) is 4.90 Å². The van der Waals surface area contributed by atoms with Crippen molar-refractivity contribution >= 4 is 0 Å². The zero-order valence-electron chi connectivity index (χ0n) is 10.6. The Labute approximate surface area is 104 Å². The molecule has 1 fully saturated rings.